The normalized spacial score (nSPS) is 11.5. The maximum absolute atomic E-state index is 13.4. The largest absolute Gasteiger partial charge is 0.480 e. The molecular formula is C14H17F2N3O2. The minimum Gasteiger partial charge on any atom is -0.480 e. The summed E-state index contributed by atoms with van der Waals surface area (Å²) >= 11 is 0. The Hall–Kier alpha value is -2.02. The van der Waals surface area contributed by atoms with Crippen LogP contribution in [0.3, 0.4) is 0 Å². The van der Waals surface area contributed by atoms with E-state index in [1.807, 2.05) is 18.7 Å². The summed E-state index contributed by atoms with van der Waals surface area (Å²) in [5, 5.41) is 9.01. The quantitative estimate of drug-likeness (QED) is 0.888. The summed E-state index contributed by atoms with van der Waals surface area (Å²) in [6, 6.07) is 1.99. The lowest BCUT2D eigenvalue weighted by Crippen LogP contribution is -2.25. The van der Waals surface area contributed by atoms with Crippen LogP contribution in [0.15, 0.2) is 12.1 Å². The van der Waals surface area contributed by atoms with Crippen molar-refractivity contribution in [2.75, 3.05) is 13.1 Å². The molecule has 7 heteroatoms. The molecule has 114 valence electrons. The Balaban J connectivity index is 2.54. The van der Waals surface area contributed by atoms with Gasteiger partial charge in [-0.3, -0.25) is 9.69 Å². The predicted octanol–water partition coefficient (Wildman–Crippen LogP) is 2.24. The van der Waals surface area contributed by atoms with Crippen molar-refractivity contribution in [2.24, 2.45) is 0 Å². The summed E-state index contributed by atoms with van der Waals surface area (Å²) < 4.78 is 28.1. The van der Waals surface area contributed by atoms with Crippen LogP contribution in [0.25, 0.3) is 11.0 Å². The van der Waals surface area contributed by atoms with Crippen LogP contribution in [-0.4, -0.2) is 38.6 Å². The number of nitrogens with zero attached hydrogens (tertiary/aromatic N) is 3. The molecule has 2 rings (SSSR count). The number of fused-ring (bicyclic) bond motifs is 1. The van der Waals surface area contributed by atoms with Crippen LogP contribution in [-0.2, 0) is 17.9 Å². The van der Waals surface area contributed by atoms with Crippen LogP contribution in [0.4, 0.5) is 8.78 Å². The summed E-state index contributed by atoms with van der Waals surface area (Å²) in [5.41, 5.74) is 0.552. The zero-order chi connectivity index (χ0) is 15.6. The number of halogens is 2. The molecule has 5 nitrogen and oxygen atoms in total. The molecule has 0 unspecified atom stereocenters. The van der Waals surface area contributed by atoms with Crippen molar-refractivity contribution in [3.05, 3.63) is 29.6 Å². The number of imidazole rings is 1. The van der Waals surface area contributed by atoms with Crippen molar-refractivity contribution in [2.45, 2.75) is 26.9 Å². The Labute approximate surface area is 120 Å². The predicted molar refractivity (Wildman–Crippen MR) is 73.9 cm³/mol. The average molecular weight is 297 g/mol. The molecule has 0 amide bonds. The van der Waals surface area contributed by atoms with Crippen LogP contribution in [0.5, 0.6) is 0 Å². The maximum Gasteiger partial charge on any atom is 0.323 e. The Kier molecular flexibility index (Phi) is 4.52. The molecule has 0 fully saturated rings. The van der Waals surface area contributed by atoms with Gasteiger partial charge in [-0.25, -0.2) is 13.8 Å². The lowest BCUT2D eigenvalue weighted by molar-refractivity contribution is -0.137. The van der Waals surface area contributed by atoms with Gasteiger partial charge in [-0.2, -0.15) is 0 Å². The van der Waals surface area contributed by atoms with Crippen molar-refractivity contribution in [1.82, 2.24) is 14.5 Å². The van der Waals surface area contributed by atoms with E-state index in [1.165, 1.54) is 4.57 Å². The van der Waals surface area contributed by atoms with Crippen LogP contribution in [0, 0.1) is 11.6 Å². The van der Waals surface area contributed by atoms with Gasteiger partial charge < -0.3 is 9.67 Å². The summed E-state index contributed by atoms with van der Waals surface area (Å²) in [6.07, 6.45) is 0. The van der Waals surface area contributed by atoms with Gasteiger partial charge in [0.15, 0.2) is 11.6 Å². The van der Waals surface area contributed by atoms with E-state index in [9.17, 15) is 13.6 Å². The molecule has 21 heavy (non-hydrogen) atoms. The number of carboxylic acid groups (broad SMARTS) is 1. The summed E-state index contributed by atoms with van der Waals surface area (Å²) in [5.74, 6) is -2.57. The summed E-state index contributed by atoms with van der Waals surface area (Å²) in [4.78, 5) is 17.3. The number of aromatic nitrogens is 2. The summed E-state index contributed by atoms with van der Waals surface area (Å²) in [6.45, 7) is 5.60. The molecule has 0 spiro atoms. The first-order valence-electron chi connectivity index (χ1n) is 6.74. The lowest BCUT2D eigenvalue weighted by Gasteiger charge is -2.18. The zero-order valence-electron chi connectivity index (χ0n) is 11.9. The van der Waals surface area contributed by atoms with E-state index in [1.54, 1.807) is 0 Å². The monoisotopic (exact) mass is 297 g/mol. The molecule has 1 heterocycles. The third-order valence-corrected chi connectivity index (χ3v) is 3.42. The molecule has 1 aromatic carbocycles. The van der Waals surface area contributed by atoms with Crippen molar-refractivity contribution in [1.29, 1.82) is 0 Å². The zero-order valence-corrected chi connectivity index (χ0v) is 11.9. The van der Waals surface area contributed by atoms with Gasteiger partial charge in [0.25, 0.3) is 0 Å². The van der Waals surface area contributed by atoms with Gasteiger partial charge in [-0.05, 0) is 13.1 Å². The highest BCUT2D eigenvalue weighted by Crippen LogP contribution is 2.21. The third kappa shape index (κ3) is 3.18. The standard InChI is InChI=1S/C14H17F2N3O2/c1-3-18(4-2)7-13-17-11-5-9(15)10(16)6-12(11)19(13)8-14(20)21/h5-6H,3-4,7-8H2,1-2H3,(H,20,21). The molecule has 0 aliphatic carbocycles. The number of hydrogen-bond donors (Lipinski definition) is 1. The Morgan fingerprint density at radius 3 is 2.48 bits per heavy atom. The SMILES string of the molecule is CCN(CC)Cc1nc2cc(F)c(F)cc2n1CC(=O)O. The highest BCUT2D eigenvalue weighted by atomic mass is 19.2. The number of rotatable bonds is 6. The first-order valence-corrected chi connectivity index (χ1v) is 6.74. The smallest absolute Gasteiger partial charge is 0.323 e. The Morgan fingerprint density at radius 2 is 1.90 bits per heavy atom. The molecule has 0 aliphatic heterocycles. The number of benzene rings is 1. The Bertz CT molecular complexity index is 666. The molecule has 0 radical (unpaired) electrons. The van der Waals surface area contributed by atoms with Crippen molar-refractivity contribution in [3.8, 4) is 0 Å². The number of carboxylic acids is 1. The minimum absolute atomic E-state index is 0.261. The summed E-state index contributed by atoms with van der Waals surface area (Å²) in [7, 11) is 0. The van der Waals surface area contributed by atoms with Gasteiger partial charge in [-0.1, -0.05) is 13.8 Å². The van der Waals surface area contributed by atoms with Gasteiger partial charge in [0.1, 0.15) is 12.4 Å². The number of carbonyl (C=O) groups is 1. The molecule has 0 atom stereocenters. The third-order valence-electron chi connectivity index (χ3n) is 3.42. The van der Waals surface area contributed by atoms with E-state index >= 15 is 0 Å². The second-order valence-electron chi connectivity index (χ2n) is 4.72. The van der Waals surface area contributed by atoms with E-state index in [0.717, 1.165) is 25.2 Å². The van der Waals surface area contributed by atoms with Gasteiger partial charge in [0, 0.05) is 12.1 Å². The maximum atomic E-state index is 13.4. The molecule has 0 saturated heterocycles. The molecule has 0 saturated carbocycles. The van der Waals surface area contributed by atoms with Gasteiger partial charge in [0.05, 0.1) is 17.6 Å². The van der Waals surface area contributed by atoms with E-state index in [-0.39, 0.29) is 12.1 Å². The number of hydrogen-bond acceptors (Lipinski definition) is 3. The molecule has 0 bridgehead atoms. The van der Waals surface area contributed by atoms with Gasteiger partial charge in [-0.15, -0.1) is 0 Å². The average Bonchev–Trinajstić information content (AvgIpc) is 2.73. The minimum atomic E-state index is -1.06. The lowest BCUT2D eigenvalue weighted by atomic mass is 10.3. The van der Waals surface area contributed by atoms with Crippen molar-refractivity contribution in [3.63, 3.8) is 0 Å². The highest BCUT2D eigenvalue weighted by molar-refractivity contribution is 5.78. The van der Waals surface area contributed by atoms with Gasteiger partial charge in [0.2, 0.25) is 0 Å². The fraction of sp³-hybridized carbons (Fsp3) is 0.429. The van der Waals surface area contributed by atoms with Crippen LogP contribution >= 0.6 is 0 Å². The first-order chi connectivity index (χ1) is 9.96. The second kappa shape index (κ2) is 6.17. The van der Waals surface area contributed by atoms with E-state index in [2.05, 4.69) is 4.98 Å². The van der Waals surface area contributed by atoms with Crippen molar-refractivity contribution < 1.29 is 18.7 Å². The van der Waals surface area contributed by atoms with Crippen LogP contribution in [0.1, 0.15) is 19.7 Å². The molecule has 2 aromatic rings. The number of aliphatic carboxylic acids is 1. The van der Waals surface area contributed by atoms with Crippen molar-refractivity contribution >= 4 is 17.0 Å². The highest BCUT2D eigenvalue weighted by Gasteiger charge is 2.17. The second-order valence-corrected chi connectivity index (χ2v) is 4.72. The van der Waals surface area contributed by atoms with E-state index < -0.39 is 17.6 Å². The fourth-order valence-corrected chi connectivity index (χ4v) is 2.25. The molecular weight excluding hydrogens is 280 g/mol. The molecule has 1 aromatic heterocycles. The topological polar surface area (TPSA) is 58.4 Å². The van der Waals surface area contributed by atoms with E-state index in [0.29, 0.717) is 17.9 Å². The van der Waals surface area contributed by atoms with Crippen LogP contribution < -0.4 is 0 Å². The van der Waals surface area contributed by atoms with E-state index in [4.69, 9.17) is 5.11 Å². The molecule has 1 N–H and O–H groups in total. The Morgan fingerprint density at radius 1 is 1.29 bits per heavy atom. The first kappa shape index (κ1) is 15.4. The fourth-order valence-electron chi connectivity index (χ4n) is 2.25. The molecule has 0 aliphatic rings. The van der Waals surface area contributed by atoms with Crippen LogP contribution in [0.2, 0.25) is 0 Å². The van der Waals surface area contributed by atoms with Gasteiger partial charge >= 0.3 is 5.97 Å².